The minimum atomic E-state index is -0.725. The Morgan fingerprint density at radius 2 is 2.29 bits per heavy atom. The van der Waals surface area contributed by atoms with Crippen LogP contribution in [0.25, 0.3) is 10.9 Å². The lowest BCUT2D eigenvalue weighted by Crippen LogP contribution is -2.18. The number of carbonyl (C=O) groups is 1. The molecule has 0 unspecified atom stereocenters. The Kier molecular flexibility index (Phi) is 3.12. The summed E-state index contributed by atoms with van der Waals surface area (Å²) in [7, 11) is 0. The molecule has 0 radical (unpaired) electrons. The summed E-state index contributed by atoms with van der Waals surface area (Å²) in [5.41, 5.74) is 1.50. The Morgan fingerprint density at radius 1 is 1.52 bits per heavy atom. The minimum Gasteiger partial charge on any atom is -0.326 e. The van der Waals surface area contributed by atoms with E-state index in [9.17, 15) is 14.9 Å². The molecule has 1 amide bonds. The van der Waals surface area contributed by atoms with Crippen LogP contribution in [0.5, 0.6) is 0 Å². The van der Waals surface area contributed by atoms with E-state index in [4.69, 9.17) is 0 Å². The van der Waals surface area contributed by atoms with Crippen LogP contribution in [-0.2, 0) is 4.79 Å². The van der Waals surface area contributed by atoms with Crippen molar-refractivity contribution in [3.05, 3.63) is 34.5 Å². The summed E-state index contributed by atoms with van der Waals surface area (Å²) >= 11 is 0. The average molecular weight is 288 g/mol. The number of nitro groups is 1. The fraction of sp³-hybridized carbons (Fsp3) is 0.429. The number of nitrogens with one attached hydrogen (secondary N) is 1. The lowest BCUT2D eigenvalue weighted by molar-refractivity contribution is -0.497. The van der Waals surface area contributed by atoms with Crippen LogP contribution in [0.2, 0.25) is 0 Å². The molecule has 1 aromatic heterocycles. The van der Waals surface area contributed by atoms with Crippen molar-refractivity contribution in [2.75, 3.05) is 5.32 Å². The van der Waals surface area contributed by atoms with Crippen molar-refractivity contribution in [1.29, 1.82) is 0 Å². The van der Waals surface area contributed by atoms with Gasteiger partial charge in [0, 0.05) is 34.7 Å². The molecule has 1 aliphatic carbocycles. The van der Waals surface area contributed by atoms with E-state index in [0.29, 0.717) is 12.1 Å². The third-order valence-electron chi connectivity index (χ3n) is 3.68. The molecule has 3 rings (SSSR count). The zero-order valence-corrected chi connectivity index (χ0v) is 11.8. The van der Waals surface area contributed by atoms with Gasteiger partial charge in [0.1, 0.15) is 5.92 Å². The van der Waals surface area contributed by atoms with Crippen molar-refractivity contribution in [3.8, 4) is 0 Å². The number of benzene rings is 1. The molecule has 0 bridgehead atoms. The first-order valence-electron chi connectivity index (χ1n) is 6.89. The molecule has 1 saturated carbocycles. The molecule has 1 fully saturated rings. The van der Waals surface area contributed by atoms with E-state index < -0.39 is 12.0 Å². The predicted molar refractivity (Wildman–Crippen MR) is 77.6 cm³/mol. The Bertz CT molecular complexity index is 722. The first-order chi connectivity index (χ1) is 9.95. The Morgan fingerprint density at radius 3 is 2.90 bits per heavy atom. The summed E-state index contributed by atoms with van der Waals surface area (Å²) in [6.07, 6.45) is 2.25. The van der Waals surface area contributed by atoms with E-state index in [2.05, 4.69) is 10.4 Å². The van der Waals surface area contributed by atoms with Crippen LogP contribution in [0.4, 0.5) is 5.69 Å². The molecule has 1 aliphatic rings. The molecule has 7 nitrogen and oxygen atoms in total. The molecule has 1 N–H and O–H groups in total. The van der Waals surface area contributed by atoms with Gasteiger partial charge in [-0.25, -0.2) is 0 Å². The SMILES string of the molecule is CC(C)n1cc2cc(NC(=O)[C@H]3C[C@H]3[N+](=O)[O-])ccc2n1. The number of rotatable bonds is 4. The zero-order valence-electron chi connectivity index (χ0n) is 11.8. The summed E-state index contributed by atoms with van der Waals surface area (Å²) in [6, 6.07) is 4.98. The predicted octanol–water partition coefficient (Wildman–Crippen LogP) is 2.22. The van der Waals surface area contributed by atoms with Gasteiger partial charge in [0.15, 0.2) is 0 Å². The normalized spacial score (nSPS) is 20.7. The van der Waals surface area contributed by atoms with Gasteiger partial charge in [0.2, 0.25) is 11.9 Å². The van der Waals surface area contributed by atoms with Gasteiger partial charge >= 0.3 is 0 Å². The monoisotopic (exact) mass is 288 g/mol. The summed E-state index contributed by atoms with van der Waals surface area (Å²) in [6.45, 7) is 4.08. The molecule has 1 aromatic carbocycles. The van der Waals surface area contributed by atoms with Gasteiger partial charge < -0.3 is 5.32 Å². The van der Waals surface area contributed by atoms with Crippen LogP contribution in [0.15, 0.2) is 24.4 Å². The van der Waals surface area contributed by atoms with Crippen molar-refractivity contribution < 1.29 is 9.72 Å². The molecular formula is C14H16N4O3. The second-order valence-corrected chi connectivity index (χ2v) is 5.66. The number of carbonyl (C=O) groups excluding carboxylic acids is 1. The molecule has 0 spiro atoms. The maximum atomic E-state index is 11.9. The van der Waals surface area contributed by atoms with Crippen LogP contribution in [0, 0.1) is 16.0 Å². The van der Waals surface area contributed by atoms with E-state index in [-0.39, 0.29) is 16.9 Å². The third-order valence-corrected chi connectivity index (χ3v) is 3.68. The number of amides is 1. The molecular weight excluding hydrogens is 272 g/mol. The fourth-order valence-electron chi connectivity index (χ4n) is 2.32. The highest BCUT2D eigenvalue weighted by molar-refractivity contribution is 5.96. The van der Waals surface area contributed by atoms with Crippen LogP contribution >= 0.6 is 0 Å². The maximum absolute atomic E-state index is 11.9. The van der Waals surface area contributed by atoms with E-state index in [1.807, 2.05) is 36.9 Å². The smallest absolute Gasteiger partial charge is 0.234 e. The zero-order chi connectivity index (χ0) is 15.1. The Hall–Kier alpha value is -2.44. The van der Waals surface area contributed by atoms with Gasteiger partial charge in [-0.1, -0.05) is 0 Å². The number of fused-ring (bicyclic) bond motifs is 1. The Labute approximate surface area is 121 Å². The van der Waals surface area contributed by atoms with Gasteiger partial charge in [-0.2, -0.15) is 5.10 Å². The number of hydrogen-bond acceptors (Lipinski definition) is 4. The van der Waals surface area contributed by atoms with Crippen molar-refractivity contribution in [2.24, 2.45) is 5.92 Å². The molecule has 7 heteroatoms. The van der Waals surface area contributed by atoms with E-state index in [1.54, 1.807) is 6.07 Å². The highest BCUT2D eigenvalue weighted by Crippen LogP contribution is 2.34. The number of hydrogen-bond donors (Lipinski definition) is 1. The quantitative estimate of drug-likeness (QED) is 0.690. The van der Waals surface area contributed by atoms with Crippen molar-refractivity contribution in [3.63, 3.8) is 0 Å². The highest BCUT2D eigenvalue weighted by Gasteiger charge is 2.53. The standard InChI is InChI=1S/C14H16N4O3/c1-8(2)17-7-9-5-10(3-4-12(9)16-17)15-14(19)11-6-13(11)18(20)21/h3-5,7-8,11,13H,6H2,1-2H3,(H,15,19)/t11-,13+/m0/s1. The van der Waals surface area contributed by atoms with Crippen molar-refractivity contribution >= 4 is 22.5 Å². The average Bonchev–Trinajstić information content (AvgIpc) is 3.12. The van der Waals surface area contributed by atoms with Gasteiger partial charge in [-0.05, 0) is 32.0 Å². The summed E-state index contributed by atoms with van der Waals surface area (Å²) in [5.74, 6) is -0.790. The van der Waals surface area contributed by atoms with Crippen LogP contribution < -0.4 is 5.32 Å². The molecule has 21 heavy (non-hydrogen) atoms. The van der Waals surface area contributed by atoms with Gasteiger partial charge in [0.25, 0.3) is 0 Å². The van der Waals surface area contributed by atoms with Crippen molar-refractivity contribution in [2.45, 2.75) is 32.4 Å². The fourth-order valence-corrected chi connectivity index (χ4v) is 2.32. The first kappa shape index (κ1) is 13.5. The summed E-state index contributed by atoms with van der Waals surface area (Å²) in [4.78, 5) is 22.1. The van der Waals surface area contributed by atoms with Crippen LogP contribution in [-0.4, -0.2) is 26.7 Å². The van der Waals surface area contributed by atoms with Crippen molar-refractivity contribution in [1.82, 2.24) is 9.78 Å². The minimum absolute atomic E-state index is 0.266. The second-order valence-electron chi connectivity index (χ2n) is 5.66. The van der Waals surface area contributed by atoms with Crippen LogP contribution in [0.3, 0.4) is 0 Å². The molecule has 110 valence electrons. The summed E-state index contributed by atoms with van der Waals surface area (Å²) < 4.78 is 1.86. The summed E-state index contributed by atoms with van der Waals surface area (Å²) in [5, 5.41) is 18.7. The molecule has 2 aromatic rings. The number of nitrogens with zero attached hydrogens (tertiary/aromatic N) is 3. The van der Waals surface area contributed by atoms with Gasteiger partial charge in [-0.3, -0.25) is 19.6 Å². The maximum Gasteiger partial charge on any atom is 0.234 e. The number of anilines is 1. The first-order valence-corrected chi connectivity index (χ1v) is 6.89. The largest absolute Gasteiger partial charge is 0.326 e. The van der Waals surface area contributed by atoms with Crippen LogP contribution in [0.1, 0.15) is 26.3 Å². The van der Waals surface area contributed by atoms with E-state index in [0.717, 1.165) is 10.9 Å². The number of aromatic nitrogens is 2. The lowest BCUT2D eigenvalue weighted by atomic mass is 10.2. The molecule has 0 saturated heterocycles. The van der Waals surface area contributed by atoms with Gasteiger partial charge in [-0.15, -0.1) is 0 Å². The molecule has 1 heterocycles. The molecule has 2 atom stereocenters. The molecule has 0 aliphatic heterocycles. The lowest BCUT2D eigenvalue weighted by Gasteiger charge is -2.03. The Balaban J connectivity index is 1.75. The third kappa shape index (κ3) is 2.58. The van der Waals surface area contributed by atoms with Gasteiger partial charge in [0.05, 0.1) is 5.52 Å². The van der Waals surface area contributed by atoms with E-state index >= 15 is 0 Å². The second kappa shape index (κ2) is 4.83. The highest BCUT2D eigenvalue weighted by atomic mass is 16.6. The topological polar surface area (TPSA) is 90.1 Å². The van der Waals surface area contributed by atoms with E-state index in [1.165, 1.54) is 0 Å².